The molecular formula is C12H15NO3. The van der Waals surface area contributed by atoms with Crippen molar-refractivity contribution in [2.45, 2.75) is 19.3 Å². The summed E-state index contributed by atoms with van der Waals surface area (Å²) < 4.78 is 5.50. The zero-order valence-corrected chi connectivity index (χ0v) is 9.14. The zero-order valence-electron chi connectivity index (χ0n) is 9.14. The number of rotatable bonds is 2. The summed E-state index contributed by atoms with van der Waals surface area (Å²) in [6, 6.07) is 5.51. The number of anilines is 1. The van der Waals surface area contributed by atoms with E-state index in [0.29, 0.717) is 18.0 Å². The van der Waals surface area contributed by atoms with Crippen molar-refractivity contribution in [3.8, 4) is 5.75 Å². The maximum absolute atomic E-state index is 11.0. The van der Waals surface area contributed by atoms with Crippen LogP contribution in [0.1, 0.15) is 24.8 Å². The van der Waals surface area contributed by atoms with Crippen LogP contribution in [0, 0.1) is 5.92 Å². The number of nitrogens with two attached hydrogens (primary N) is 1. The fourth-order valence-corrected chi connectivity index (χ4v) is 2.17. The molecule has 0 amide bonds. The van der Waals surface area contributed by atoms with E-state index in [4.69, 9.17) is 15.6 Å². The van der Waals surface area contributed by atoms with Gasteiger partial charge in [-0.25, -0.2) is 0 Å². The largest absolute Gasteiger partial charge is 0.491 e. The van der Waals surface area contributed by atoms with Gasteiger partial charge in [-0.05, 0) is 12.5 Å². The Balaban J connectivity index is 2.40. The fourth-order valence-electron chi connectivity index (χ4n) is 2.17. The monoisotopic (exact) mass is 221 g/mol. The molecule has 0 fully saturated rings. The van der Waals surface area contributed by atoms with E-state index in [1.165, 1.54) is 0 Å². The van der Waals surface area contributed by atoms with Crippen molar-refractivity contribution in [2.24, 2.45) is 5.92 Å². The van der Waals surface area contributed by atoms with Gasteiger partial charge in [0.25, 0.3) is 0 Å². The lowest BCUT2D eigenvalue weighted by Crippen LogP contribution is -2.25. The Morgan fingerprint density at radius 3 is 3.06 bits per heavy atom. The number of carbonyl (C=O) groups is 1. The second kappa shape index (κ2) is 4.04. The molecule has 4 nitrogen and oxygen atoms in total. The van der Waals surface area contributed by atoms with E-state index in [2.05, 4.69) is 0 Å². The first-order valence-electron chi connectivity index (χ1n) is 5.35. The summed E-state index contributed by atoms with van der Waals surface area (Å²) in [6.07, 6.45) is 0.726. The summed E-state index contributed by atoms with van der Waals surface area (Å²) in [6.45, 7) is 2.26. The molecule has 2 atom stereocenters. The average molecular weight is 221 g/mol. The third-order valence-electron chi connectivity index (χ3n) is 3.14. The standard InChI is InChI=1S/C12H15NO3/c1-7(12(14)15)8-5-6-16-11-9(8)3-2-4-10(11)13/h2-4,7-8H,5-6,13H2,1H3,(H,14,15). The highest BCUT2D eigenvalue weighted by atomic mass is 16.5. The Hall–Kier alpha value is -1.71. The molecule has 1 aliphatic rings. The summed E-state index contributed by atoms with van der Waals surface area (Å²) in [5, 5.41) is 9.06. The zero-order chi connectivity index (χ0) is 11.7. The molecule has 0 aromatic heterocycles. The van der Waals surface area contributed by atoms with Crippen molar-refractivity contribution in [3.05, 3.63) is 23.8 Å². The predicted molar refractivity (Wildman–Crippen MR) is 60.5 cm³/mol. The second-order valence-corrected chi connectivity index (χ2v) is 4.14. The number of ether oxygens (including phenoxy) is 1. The molecule has 2 rings (SSSR count). The Kier molecular flexibility index (Phi) is 2.73. The van der Waals surface area contributed by atoms with Crippen molar-refractivity contribution in [2.75, 3.05) is 12.3 Å². The van der Waals surface area contributed by atoms with Gasteiger partial charge >= 0.3 is 5.97 Å². The molecule has 2 unspecified atom stereocenters. The minimum absolute atomic E-state index is 0.00949. The summed E-state index contributed by atoms with van der Waals surface area (Å²) in [4.78, 5) is 11.0. The van der Waals surface area contributed by atoms with Crippen molar-refractivity contribution >= 4 is 11.7 Å². The summed E-state index contributed by atoms with van der Waals surface area (Å²) >= 11 is 0. The molecule has 0 bridgehead atoms. The third kappa shape index (κ3) is 1.71. The minimum Gasteiger partial charge on any atom is -0.491 e. The van der Waals surface area contributed by atoms with Gasteiger partial charge in [0.1, 0.15) is 5.75 Å². The number of aliphatic carboxylic acids is 1. The van der Waals surface area contributed by atoms with Gasteiger partial charge in [0, 0.05) is 11.5 Å². The molecule has 0 spiro atoms. The molecule has 4 heteroatoms. The highest BCUT2D eigenvalue weighted by Crippen LogP contribution is 2.41. The highest BCUT2D eigenvalue weighted by Gasteiger charge is 2.31. The Morgan fingerprint density at radius 1 is 1.62 bits per heavy atom. The second-order valence-electron chi connectivity index (χ2n) is 4.14. The first-order valence-corrected chi connectivity index (χ1v) is 5.35. The summed E-state index contributed by atoms with van der Waals surface area (Å²) in [5.41, 5.74) is 7.31. The van der Waals surface area contributed by atoms with E-state index in [0.717, 1.165) is 12.0 Å². The SMILES string of the molecule is CC(C(=O)O)C1CCOc2c(N)cccc21. The first kappa shape index (κ1) is 10.8. The van der Waals surface area contributed by atoms with Gasteiger partial charge in [-0.1, -0.05) is 19.1 Å². The van der Waals surface area contributed by atoms with Crippen LogP contribution in [0.4, 0.5) is 5.69 Å². The van der Waals surface area contributed by atoms with E-state index in [-0.39, 0.29) is 5.92 Å². The van der Waals surface area contributed by atoms with Gasteiger partial charge in [0.05, 0.1) is 18.2 Å². The average Bonchev–Trinajstić information content (AvgIpc) is 2.28. The Labute approximate surface area is 94.0 Å². The molecular weight excluding hydrogens is 206 g/mol. The van der Waals surface area contributed by atoms with E-state index in [1.807, 2.05) is 12.1 Å². The highest BCUT2D eigenvalue weighted by molar-refractivity contribution is 5.72. The number of hydrogen-bond donors (Lipinski definition) is 2. The van der Waals surface area contributed by atoms with Crippen LogP contribution in [0.5, 0.6) is 5.75 Å². The van der Waals surface area contributed by atoms with Gasteiger partial charge in [-0.15, -0.1) is 0 Å². The van der Waals surface area contributed by atoms with Crippen LogP contribution in [0.15, 0.2) is 18.2 Å². The number of fused-ring (bicyclic) bond motifs is 1. The number of carboxylic acids is 1. The smallest absolute Gasteiger partial charge is 0.306 e. The molecule has 1 aliphatic heterocycles. The van der Waals surface area contributed by atoms with E-state index in [9.17, 15) is 4.79 Å². The molecule has 0 aliphatic carbocycles. The Morgan fingerprint density at radius 2 is 2.38 bits per heavy atom. The van der Waals surface area contributed by atoms with Gasteiger partial charge in [-0.3, -0.25) is 4.79 Å². The lowest BCUT2D eigenvalue weighted by Gasteiger charge is -2.29. The molecule has 1 aromatic rings. The molecule has 3 N–H and O–H groups in total. The van der Waals surface area contributed by atoms with E-state index in [1.54, 1.807) is 13.0 Å². The topological polar surface area (TPSA) is 72.5 Å². The lowest BCUT2D eigenvalue weighted by atomic mass is 9.83. The van der Waals surface area contributed by atoms with Crippen LogP contribution in [-0.2, 0) is 4.79 Å². The molecule has 0 radical (unpaired) electrons. The molecule has 1 aromatic carbocycles. The van der Waals surface area contributed by atoms with Crippen LogP contribution in [0.2, 0.25) is 0 Å². The van der Waals surface area contributed by atoms with Crippen LogP contribution in [-0.4, -0.2) is 17.7 Å². The quantitative estimate of drug-likeness (QED) is 0.747. The van der Waals surface area contributed by atoms with Gasteiger partial charge in [-0.2, -0.15) is 0 Å². The normalized spacial score (nSPS) is 20.7. The number of carboxylic acid groups (broad SMARTS) is 1. The number of hydrogen-bond acceptors (Lipinski definition) is 3. The van der Waals surface area contributed by atoms with E-state index >= 15 is 0 Å². The molecule has 0 saturated carbocycles. The van der Waals surface area contributed by atoms with Crippen LogP contribution in [0.25, 0.3) is 0 Å². The van der Waals surface area contributed by atoms with Crippen molar-refractivity contribution in [3.63, 3.8) is 0 Å². The van der Waals surface area contributed by atoms with Crippen molar-refractivity contribution in [1.29, 1.82) is 0 Å². The minimum atomic E-state index is -0.778. The maximum atomic E-state index is 11.0. The summed E-state index contributed by atoms with van der Waals surface area (Å²) in [7, 11) is 0. The van der Waals surface area contributed by atoms with Gasteiger partial charge < -0.3 is 15.6 Å². The third-order valence-corrected chi connectivity index (χ3v) is 3.14. The lowest BCUT2D eigenvalue weighted by molar-refractivity contribution is -0.142. The fraction of sp³-hybridized carbons (Fsp3) is 0.417. The molecule has 16 heavy (non-hydrogen) atoms. The number of nitrogen functional groups attached to an aromatic ring is 1. The van der Waals surface area contributed by atoms with Crippen molar-refractivity contribution in [1.82, 2.24) is 0 Å². The molecule has 1 heterocycles. The van der Waals surface area contributed by atoms with Crippen LogP contribution < -0.4 is 10.5 Å². The number of benzene rings is 1. The first-order chi connectivity index (χ1) is 7.61. The predicted octanol–water partition coefficient (Wildman–Crippen LogP) is 1.86. The number of para-hydroxylation sites is 1. The summed E-state index contributed by atoms with van der Waals surface area (Å²) in [5.74, 6) is -0.540. The van der Waals surface area contributed by atoms with Gasteiger partial charge in [0.2, 0.25) is 0 Å². The molecule has 0 saturated heterocycles. The van der Waals surface area contributed by atoms with Crippen LogP contribution in [0.3, 0.4) is 0 Å². The van der Waals surface area contributed by atoms with Crippen molar-refractivity contribution < 1.29 is 14.6 Å². The van der Waals surface area contributed by atoms with E-state index < -0.39 is 11.9 Å². The molecule has 86 valence electrons. The maximum Gasteiger partial charge on any atom is 0.306 e. The Bertz CT molecular complexity index is 417. The van der Waals surface area contributed by atoms with Crippen LogP contribution >= 0.6 is 0 Å². The van der Waals surface area contributed by atoms with Gasteiger partial charge in [0.15, 0.2) is 0 Å².